The van der Waals surface area contributed by atoms with E-state index in [0.29, 0.717) is 34.6 Å². The van der Waals surface area contributed by atoms with Crippen molar-refractivity contribution >= 4 is 34.1 Å². The van der Waals surface area contributed by atoms with Crippen molar-refractivity contribution in [2.75, 3.05) is 5.32 Å². The third-order valence-corrected chi connectivity index (χ3v) is 7.22. The standard InChI is InChI=1S/C30H24F5N5O4/c1-15(30(33,34)35)37-17-12-21(31)25(22(32)13-17)27(41)38-23(29(43)44)14-18-7-8-19(26-36-9-10-40(18)26)20-11-16-5-3-4-6-24(16)39(2)28(20)42/h3-13,15,23,37H,14H2,1-2H3,(H,38,41)(H,43,44). The Balaban J connectivity index is 1.43. The number of benzene rings is 2. The molecule has 0 aliphatic heterocycles. The number of alkyl halides is 3. The van der Waals surface area contributed by atoms with Crippen LogP contribution >= 0.6 is 0 Å². The topological polar surface area (TPSA) is 118 Å². The molecule has 44 heavy (non-hydrogen) atoms. The van der Waals surface area contributed by atoms with Crippen LogP contribution in [0.3, 0.4) is 0 Å². The number of pyridine rings is 2. The summed E-state index contributed by atoms with van der Waals surface area (Å²) in [7, 11) is 1.64. The van der Waals surface area contributed by atoms with E-state index < -0.39 is 53.0 Å². The molecule has 2 unspecified atom stereocenters. The number of hydrogen-bond donors (Lipinski definition) is 3. The number of aliphatic carboxylic acids is 1. The molecule has 5 aromatic rings. The average Bonchev–Trinajstić information content (AvgIpc) is 3.44. The molecule has 228 valence electrons. The number of carbonyl (C=O) groups is 2. The van der Waals surface area contributed by atoms with E-state index in [1.165, 1.54) is 21.4 Å². The summed E-state index contributed by atoms with van der Waals surface area (Å²) in [5, 5.41) is 14.6. The highest BCUT2D eigenvalue weighted by molar-refractivity contribution is 5.97. The Hall–Kier alpha value is -5.27. The smallest absolute Gasteiger partial charge is 0.408 e. The normalized spacial score (nSPS) is 13.2. The zero-order valence-corrected chi connectivity index (χ0v) is 23.1. The molecule has 14 heteroatoms. The van der Waals surface area contributed by atoms with Crippen molar-refractivity contribution in [3.8, 4) is 11.1 Å². The van der Waals surface area contributed by atoms with Crippen LogP contribution in [-0.4, -0.2) is 49.2 Å². The highest BCUT2D eigenvalue weighted by atomic mass is 19.4. The number of nitrogens with zero attached hydrogens (tertiary/aromatic N) is 3. The second-order valence-electron chi connectivity index (χ2n) is 10.1. The number of para-hydroxylation sites is 1. The van der Waals surface area contributed by atoms with Crippen molar-refractivity contribution in [2.45, 2.75) is 31.6 Å². The fourth-order valence-electron chi connectivity index (χ4n) is 4.91. The van der Waals surface area contributed by atoms with E-state index in [4.69, 9.17) is 0 Å². The number of carbonyl (C=O) groups excluding carboxylic acids is 1. The van der Waals surface area contributed by atoms with E-state index in [2.05, 4.69) is 10.3 Å². The number of carboxylic acids is 1. The van der Waals surface area contributed by atoms with Crippen molar-refractivity contribution in [3.63, 3.8) is 0 Å². The van der Waals surface area contributed by atoms with Crippen LogP contribution in [0.15, 0.2) is 71.8 Å². The number of imidazole rings is 1. The minimum Gasteiger partial charge on any atom is -0.480 e. The molecule has 0 aliphatic rings. The molecule has 2 aromatic carbocycles. The Morgan fingerprint density at radius 2 is 1.70 bits per heavy atom. The van der Waals surface area contributed by atoms with Gasteiger partial charge >= 0.3 is 12.1 Å². The fourth-order valence-corrected chi connectivity index (χ4v) is 4.91. The van der Waals surface area contributed by atoms with Gasteiger partial charge in [0.1, 0.15) is 34.9 Å². The minimum absolute atomic E-state index is 0.282. The van der Waals surface area contributed by atoms with Crippen molar-refractivity contribution in [2.24, 2.45) is 7.05 Å². The molecule has 0 bridgehead atoms. The quantitative estimate of drug-likeness (QED) is 0.214. The highest BCUT2D eigenvalue weighted by Crippen LogP contribution is 2.27. The monoisotopic (exact) mass is 613 g/mol. The third kappa shape index (κ3) is 5.70. The molecule has 0 spiro atoms. The molecule has 0 saturated heterocycles. The largest absolute Gasteiger partial charge is 0.480 e. The molecule has 3 aromatic heterocycles. The lowest BCUT2D eigenvalue weighted by molar-refractivity contribution is -0.139. The van der Waals surface area contributed by atoms with E-state index in [1.807, 2.05) is 29.6 Å². The van der Waals surface area contributed by atoms with Gasteiger partial charge in [0.2, 0.25) is 0 Å². The van der Waals surface area contributed by atoms with Gasteiger partial charge in [0, 0.05) is 42.8 Å². The van der Waals surface area contributed by atoms with E-state index in [0.717, 1.165) is 17.8 Å². The van der Waals surface area contributed by atoms with Crippen molar-refractivity contribution in [1.29, 1.82) is 0 Å². The lowest BCUT2D eigenvalue weighted by atomic mass is 10.0. The van der Waals surface area contributed by atoms with Gasteiger partial charge < -0.3 is 24.7 Å². The molecule has 0 aliphatic carbocycles. The van der Waals surface area contributed by atoms with E-state index >= 15 is 0 Å². The molecule has 3 heterocycles. The van der Waals surface area contributed by atoms with E-state index in [-0.39, 0.29) is 12.0 Å². The van der Waals surface area contributed by atoms with Gasteiger partial charge in [-0.05, 0) is 48.7 Å². The number of hydrogen-bond acceptors (Lipinski definition) is 5. The predicted octanol–water partition coefficient (Wildman–Crippen LogP) is 4.92. The van der Waals surface area contributed by atoms with E-state index in [1.54, 1.807) is 25.2 Å². The Morgan fingerprint density at radius 1 is 1.02 bits per heavy atom. The first-order chi connectivity index (χ1) is 20.8. The molecule has 9 nitrogen and oxygen atoms in total. The van der Waals surface area contributed by atoms with Gasteiger partial charge in [0.25, 0.3) is 11.5 Å². The number of rotatable bonds is 8. The van der Waals surface area contributed by atoms with Crippen molar-refractivity contribution in [3.05, 3.63) is 100 Å². The summed E-state index contributed by atoms with van der Waals surface area (Å²) in [6, 6.07) is 9.42. The number of aryl methyl sites for hydroxylation is 1. The highest BCUT2D eigenvalue weighted by Gasteiger charge is 2.36. The van der Waals surface area contributed by atoms with Gasteiger partial charge in [0.15, 0.2) is 0 Å². The lowest BCUT2D eigenvalue weighted by Gasteiger charge is -2.19. The van der Waals surface area contributed by atoms with Crippen LogP contribution in [0, 0.1) is 11.6 Å². The molecular formula is C30H24F5N5O4. The summed E-state index contributed by atoms with van der Waals surface area (Å²) >= 11 is 0. The van der Waals surface area contributed by atoms with Gasteiger partial charge in [-0.3, -0.25) is 9.59 Å². The summed E-state index contributed by atoms with van der Waals surface area (Å²) in [5.41, 5.74) is 0.231. The zero-order chi connectivity index (χ0) is 31.9. The van der Waals surface area contributed by atoms with Crippen LogP contribution in [0.2, 0.25) is 0 Å². The summed E-state index contributed by atoms with van der Waals surface area (Å²) in [4.78, 5) is 42.4. The minimum atomic E-state index is -4.69. The van der Waals surface area contributed by atoms with Gasteiger partial charge in [-0.15, -0.1) is 0 Å². The first-order valence-electron chi connectivity index (χ1n) is 13.2. The maximum Gasteiger partial charge on any atom is 0.408 e. The average molecular weight is 614 g/mol. The van der Waals surface area contributed by atoms with Crippen LogP contribution in [0.1, 0.15) is 23.0 Å². The summed E-state index contributed by atoms with van der Waals surface area (Å²) in [6.07, 6.45) is -2.06. The Bertz CT molecular complexity index is 1960. The second-order valence-corrected chi connectivity index (χ2v) is 10.1. The third-order valence-electron chi connectivity index (χ3n) is 7.22. The Kier molecular flexibility index (Phi) is 7.84. The summed E-state index contributed by atoms with van der Waals surface area (Å²) in [6.45, 7) is 0.749. The Labute approximate surface area is 245 Å². The zero-order valence-electron chi connectivity index (χ0n) is 23.1. The van der Waals surface area contributed by atoms with Gasteiger partial charge in [-0.1, -0.05) is 18.2 Å². The number of carboxylic acid groups (broad SMARTS) is 1. The molecule has 0 fully saturated rings. The molecule has 0 saturated carbocycles. The number of nitrogens with one attached hydrogen (secondary N) is 2. The number of anilines is 1. The van der Waals surface area contributed by atoms with Crippen molar-refractivity contribution in [1.82, 2.24) is 19.3 Å². The lowest BCUT2D eigenvalue weighted by Crippen LogP contribution is -2.43. The molecule has 2 atom stereocenters. The maximum atomic E-state index is 14.7. The molecule has 5 rings (SSSR count). The second kappa shape index (κ2) is 11.4. The van der Waals surface area contributed by atoms with Crippen LogP contribution < -0.4 is 16.2 Å². The maximum absolute atomic E-state index is 14.7. The van der Waals surface area contributed by atoms with Crippen LogP contribution in [0.25, 0.3) is 27.7 Å². The molecular weight excluding hydrogens is 589 g/mol. The molecule has 3 N–H and O–H groups in total. The number of aromatic nitrogens is 3. The molecule has 1 amide bonds. The molecule has 0 radical (unpaired) electrons. The SMILES string of the molecule is CC(Nc1cc(F)c(C(=O)NC(Cc2ccc(-c3cc4ccccc4n(C)c3=O)c3nccn23)C(=O)O)c(F)c1)C(F)(F)F. The Morgan fingerprint density at radius 3 is 2.36 bits per heavy atom. The first kappa shape index (κ1) is 30.2. The number of fused-ring (bicyclic) bond motifs is 2. The first-order valence-corrected chi connectivity index (χ1v) is 13.2. The summed E-state index contributed by atoms with van der Waals surface area (Å²) < 4.78 is 70.9. The van der Waals surface area contributed by atoms with Crippen LogP contribution in [-0.2, 0) is 18.3 Å². The van der Waals surface area contributed by atoms with Crippen LogP contribution in [0.5, 0.6) is 0 Å². The fraction of sp³-hybridized carbons (Fsp3) is 0.200. The van der Waals surface area contributed by atoms with E-state index in [9.17, 15) is 41.4 Å². The number of amides is 1. The number of halogens is 5. The van der Waals surface area contributed by atoms with Crippen LogP contribution in [0.4, 0.5) is 27.6 Å². The predicted molar refractivity (Wildman–Crippen MR) is 151 cm³/mol. The van der Waals surface area contributed by atoms with Gasteiger partial charge in [-0.25, -0.2) is 18.6 Å². The van der Waals surface area contributed by atoms with Crippen molar-refractivity contribution < 1.29 is 36.6 Å². The summed E-state index contributed by atoms with van der Waals surface area (Å²) in [5.74, 6) is -5.90. The van der Waals surface area contributed by atoms with Gasteiger partial charge in [0.05, 0.1) is 11.1 Å². The van der Waals surface area contributed by atoms with Gasteiger partial charge in [-0.2, -0.15) is 13.2 Å².